The van der Waals surface area contributed by atoms with Crippen LogP contribution < -0.4 is 0 Å². The van der Waals surface area contributed by atoms with Crippen LogP contribution in [0.1, 0.15) is 25.1 Å². The molecule has 0 N–H and O–H groups in total. The summed E-state index contributed by atoms with van der Waals surface area (Å²) in [6, 6.07) is 10.1. The maximum Gasteiger partial charge on any atom is 0.158 e. The zero-order valence-electron chi connectivity index (χ0n) is 9.64. The predicted molar refractivity (Wildman–Crippen MR) is 60.2 cm³/mol. The first-order chi connectivity index (χ1) is 7.33. The van der Waals surface area contributed by atoms with Crippen LogP contribution in [0.2, 0.25) is 0 Å². The van der Waals surface area contributed by atoms with Crippen LogP contribution in [-0.4, -0.2) is 25.8 Å². The second kappa shape index (κ2) is 6.56. The van der Waals surface area contributed by atoms with Gasteiger partial charge in [-0.25, -0.2) is 0 Å². The van der Waals surface area contributed by atoms with E-state index >= 15 is 0 Å². The highest BCUT2D eigenvalue weighted by Gasteiger charge is 2.18. The zero-order chi connectivity index (χ0) is 11.1. The highest BCUT2D eigenvalue weighted by Crippen LogP contribution is 2.21. The Morgan fingerprint density at radius 3 is 2.33 bits per heavy atom. The molecule has 15 heavy (non-hydrogen) atoms. The van der Waals surface area contributed by atoms with Gasteiger partial charge in [-0.2, -0.15) is 5.06 Å². The van der Waals surface area contributed by atoms with Crippen molar-refractivity contribution in [2.24, 2.45) is 0 Å². The van der Waals surface area contributed by atoms with Gasteiger partial charge in [-0.05, 0) is 12.0 Å². The summed E-state index contributed by atoms with van der Waals surface area (Å²) in [7, 11) is 3.37. The highest BCUT2D eigenvalue weighted by molar-refractivity contribution is 5.16. The molecule has 0 aromatic heterocycles. The summed E-state index contributed by atoms with van der Waals surface area (Å²) >= 11 is 0. The smallest absolute Gasteiger partial charge is 0.158 e. The van der Waals surface area contributed by atoms with Gasteiger partial charge in [0, 0.05) is 13.7 Å². The first kappa shape index (κ1) is 12.2. The van der Waals surface area contributed by atoms with E-state index in [-0.39, 0.29) is 6.23 Å². The van der Waals surface area contributed by atoms with E-state index in [9.17, 15) is 0 Å². The lowest BCUT2D eigenvalue weighted by atomic mass is 10.2. The lowest BCUT2D eigenvalue weighted by Gasteiger charge is -2.28. The predicted octanol–water partition coefficient (Wildman–Crippen LogP) is 2.61. The molecule has 3 nitrogen and oxygen atoms in total. The fraction of sp³-hybridized carbons (Fsp3) is 0.500. The Kier molecular flexibility index (Phi) is 5.32. The molecule has 0 aliphatic rings. The Bertz CT molecular complexity index is 264. The second-order valence-corrected chi connectivity index (χ2v) is 3.32. The van der Waals surface area contributed by atoms with Crippen molar-refractivity contribution < 1.29 is 9.57 Å². The van der Waals surface area contributed by atoms with Gasteiger partial charge in [0.05, 0.1) is 7.11 Å². The molecule has 0 amide bonds. The molecule has 1 aromatic rings. The highest BCUT2D eigenvalue weighted by atomic mass is 16.7. The summed E-state index contributed by atoms with van der Waals surface area (Å²) in [4.78, 5) is 5.31. The molecule has 0 aliphatic heterocycles. The number of hydroxylamine groups is 2. The van der Waals surface area contributed by atoms with Crippen LogP contribution in [0.25, 0.3) is 0 Å². The third kappa shape index (κ3) is 3.30. The molecule has 0 heterocycles. The molecule has 0 aliphatic carbocycles. The normalized spacial score (nSPS) is 13.1. The number of benzene rings is 1. The van der Waals surface area contributed by atoms with Gasteiger partial charge in [-0.1, -0.05) is 37.3 Å². The van der Waals surface area contributed by atoms with Crippen LogP contribution in [0.5, 0.6) is 0 Å². The monoisotopic (exact) mass is 209 g/mol. The summed E-state index contributed by atoms with van der Waals surface area (Å²) in [5.74, 6) is 0. The maximum atomic E-state index is 5.44. The average molecular weight is 209 g/mol. The Morgan fingerprint density at radius 1 is 1.20 bits per heavy atom. The molecule has 1 unspecified atom stereocenters. The van der Waals surface area contributed by atoms with Crippen molar-refractivity contribution in [3.63, 3.8) is 0 Å². The van der Waals surface area contributed by atoms with E-state index in [0.717, 1.165) is 18.5 Å². The first-order valence-corrected chi connectivity index (χ1v) is 5.22. The van der Waals surface area contributed by atoms with Crippen LogP contribution in [0.3, 0.4) is 0 Å². The van der Waals surface area contributed by atoms with Gasteiger partial charge in [0.25, 0.3) is 0 Å². The Balaban J connectivity index is 2.77. The minimum Gasteiger partial charge on any atom is -0.360 e. The van der Waals surface area contributed by atoms with Crippen molar-refractivity contribution in [1.82, 2.24) is 5.06 Å². The topological polar surface area (TPSA) is 21.7 Å². The third-order valence-corrected chi connectivity index (χ3v) is 2.25. The number of methoxy groups -OCH3 is 1. The molecule has 0 saturated heterocycles. The summed E-state index contributed by atoms with van der Waals surface area (Å²) in [6.07, 6.45) is 0.900. The van der Waals surface area contributed by atoms with Crippen molar-refractivity contribution in [3.05, 3.63) is 35.9 Å². The quantitative estimate of drug-likeness (QED) is 0.531. The lowest BCUT2D eigenvalue weighted by Crippen LogP contribution is -2.29. The van der Waals surface area contributed by atoms with Crippen LogP contribution in [-0.2, 0) is 9.57 Å². The molecule has 0 saturated carbocycles. The van der Waals surface area contributed by atoms with Gasteiger partial charge >= 0.3 is 0 Å². The molecular formula is C12H19NO2. The molecule has 0 radical (unpaired) electrons. The van der Waals surface area contributed by atoms with Gasteiger partial charge in [0.2, 0.25) is 0 Å². The SMILES string of the molecule is CCCN(OC)C(OC)c1ccccc1. The molecule has 84 valence electrons. The van der Waals surface area contributed by atoms with E-state index in [2.05, 4.69) is 6.92 Å². The number of ether oxygens (including phenoxy) is 1. The maximum absolute atomic E-state index is 5.44. The van der Waals surface area contributed by atoms with Crippen molar-refractivity contribution in [2.45, 2.75) is 19.6 Å². The van der Waals surface area contributed by atoms with Crippen molar-refractivity contribution in [3.8, 4) is 0 Å². The van der Waals surface area contributed by atoms with E-state index in [4.69, 9.17) is 9.57 Å². The summed E-state index contributed by atoms with van der Waals surface area (Å²) in [5, 5.41) is 1.84. The van der Waals surface area contributed by atoms with E-state index in [1.807, 2.05) is 35.4 Å². The van der Waals surface area contributed by atoms with Crippen LogP contribution in [0.15, 0.2) is 30.3 Å². The summed E-state index contributed by atoms with van der Waals surface area (Å²) in [5.41, 5.74) is 1.11. The number of hydrogen-bond acceptors (Lipinski definition) is 3. The van der Waals surface area contributed by atoms with Gasteiger partial charge in [0.15, 0.2) is 6.23 Å². The molecule has 1 atom stereocenters. The molecule has 0 fully saturated rings. The standard InChI is InChI=1S/C12H19NO2/c1-4-10-13(15-3)12(14-2)11-8-6-5-7-9-11/h5-9,12H,4,10H2,1-3H3. The Labute approximate surface area is 91.6 Å². The molecule has 0 bridgehead atoms. The van der Waals surface area contributed by atoms with Gasteiger partial charge in [-0.3, -0.25) is 4.84 Å². The first-order valence-electron chi connectivity index (χ1n) is 5.22. The number of rotatable bonds is 6. The minimum atomic E-state index is -0.129. The molecule has 0 spiro atoms. The van der Waals surface area contributed by atoms with Gasteiger partial charge in [0.1, 0.15) is 0 Å². The molecular weight excluding hydrogens is 190 g/mol. The third-order valence-electron chi connectivity index (χ3n) is 2.25. The van der Waals surface area contributed by atoms with E-state index in [1.165, 1.54) is 0 Å². The summed E-state index contributed by atoms with van der Waals surface area (Å²) in [6.45, 7) is 2.97. The zero-order valence-corrected chi connectivity index (χ0v) is 9.64. The second-order valence-electron chi connectivity index (χ2n) is 3.32. The van der Waals surface area contributed by atoms with Crippen LogP contribution in [0, 0.1) is 0 Å². The van der Waals surface area contributed by atoms with E-state index in [0.29, 0.717) is 0 Å². The lowest BCUT2D eigenvalue weighted by molar-refractivity contribution is -0.233. The van der Waals surface area contributed by atoms with Gasteiger partial charge in [-0.15, -0.1) is 0 Å². The van der Waals surface area contributed by atoms with Crippen molar-refractivity contribution in [1.29, 1.82) is 0 Å². The van der Waals surface area contributed by atoms with Crippen LogP contribution in [0.4, 0.5) is 0 Å². The molecule has 3 heteroatoms. The van der Waals surface area contributed by atoms with E-state index < -0.39 is 0 Å². The minimum absolute atomic E-state index is 0.129. The fourth-order valence-electron chi connectivity index (χ4n) is 1.56. The fourth-order valence-corrected chi connectivity index (χ4v) is 1.56. The van der Waals surface area contributed by atoms with E-state index in [1.54, 1.807) is 14.2 Å². The van der Waals surface area contributed by atoms with Crippen molar-refractivity contribution in [2.75, 3.05) is 20.8 Å². The molecule has 1 rings (SSSR count). The average Bonchev–Trinajstić information content (AvgIpc) is 2.30. The number of hydrogen-bond donors (Lipinski definition) is 0. The Hall–Kier alpha value is -0.900. The summed E-state index contributed by atoms with van der Waals surface area (Å²) < 4.78 is 5.44. The Morgan fingerprint density at radius 2 is 1.87 bits per heavy atom. The van der Waals surface area contributed by atoms with Gasteiger partial charge < -0.3 is 4.74 Å². The van der Waals surface area contributed by atoms with Crippen LogP contribution >= 0.6 is 0 Å². The van der Waals surface area contributed by atoms with Crippen molar-refractivity contribution >= 4 is 0 Å². The molecule has 1 aromatic carbocycles. The largest absolute Gasteiger partial charge is 0.360 e. The number of nitrogens with zero attached hydrogens (tertiary/aromatic N) is 1.